The lowest BCUT2D eigenvalue weighted by molar-refractivity contribution is -0.892. The summed E-state index contributed by atoms with van der Waals surface area (Å²) >= 11 is 1.65. The number of quaternary nitrogens is 1. The van der Waals surface area contributed by atoms with Crippen LogP contribution in [0.3, 0.4) is 0 Å². The predicted octanol–water partition coefficient (Wildman–Crippen LogP) is 0.450. The standard InChI is InChI=1S/C19H22N6OS/c1-23(13-17-22-15-5-2-3-6-16(15)27-17)18(26)14-24-9-11-25(12-10-24)19-20-7-4-8-21-19/h2-8H,9-14H2,1H3/p+1. The number of benzene rings is 1. The average Bonchev–Trinajstić information content (AvgIpc) is 3.11. The first-order valence-electron chi connectivity index (χ1n) is 9.13. The number of fused-ring (bicyclic) bond motifs is 1. The molecular formula is C19H23N6OS+. The summed E-state index contributed by atoms with van der Waals surface area (Å²) in [6, 6.07) is 9.91. The van der Waals surface area contributed by atoms with Gasteiger partial charge in [-0.1, -0.05) is 12.1 Å². The Morgan fingerprint density at radius 2 is 1.93 bits per heavy atom. The van der Waals surface area contributed by atoms with Gasteiger partial charge in [0, 0.05) is 19.4 Å². The maximum Gasteiger partial charge on any atom is 0.277 e. The van der Waals surface area contributed by atoms with E-state index >= 15 is 0 Å². The summed E-state index contributed by atoms with van der Waals surface area (Å²) in [7, 11) is 1.86. The number of rotatable bonds is 5. The normalized spacial score (nSPS) is 15.2. The van der Waals surface area contributed by atoms with Crippen LogP contribution in [-0.2, 0) is 11.3 Å². The molecule has 1 N–H and O–H groups in total. The fourth-order valence-corrected chi connectivity index (χ4v) is 4.30. The minimum Gasteiger partial charge on any atom is -0.334 e. The van der Waals surface area contributed by atoms with Gasteiger partial charge in [-0.2, -0.15) is 0 Å². The Morgan fingerprint density at radius 1 is 1.19 bits per heavy atom. The smallest absolute Gasteiger partial charge is 0.277 e. The van der Waals surface area contributed by atoms with Gasteiger partial charge in [-0.05, 0) is 18.2 Å². The van der Waals surface area contributed by atoms with Gasteiger partial charge in [-0.3, -0.25) is 4.79 Å². The number of hydrogen-bond donors (Lipinski definition) is 1. The minimum absolute atomic E-state index is 0.161. The third kappa shape index (κ3) is 4.23. The van der Waals surface area contributed by atoms with E-state index in [0.29, 0.717) is 13.1 Å². The zero-order valence-corrected chi connectivity index (χ0v) is 16.2. The van der Waals surface area contributed by atoms with E-state index < -0.39 is 0 Å². The maximum atomic E-state index is 12.6. The molecule has 0 saturated carbocycles. The van der Waals surface area contributed by atoms with Crippen LogP contribution >= 0.6 is 11.3 Å². The van der Waals surface area contributed by atoms with Crippen LogP contribution in [-0.4, -0.2) is 65.5 Å². The number of nitrogens with zero attached hydrogens (tertiary/aromatic N) is 5. The van der Waals surface area contributed by atoms with Crippen molar-refractivity contribution in [3.05, 3.63) is 47.7 Å². The molecule has 140 valence electrons. The molecule has 1 aliphatic heterocycles. The number of likely N-dealkylation sites (N-methyl/N-ethyl adjacent to an activating group) is 1. The van der Waals surface area contributed by atoms with Crippen molar-refractivity contribution in [1.82, 2.24) is 19.9 Å². The van der Waals surface area contributed by atoms with Crippen molar-refractivity contribution in [1.29, 1.82) is 0 Å². The molecule has 1 amide bonds. The Labute approximate surface area is 162 Å². The second-order valence-electron chi connectivity index (χ2n) is 6.79. The summed E-state index contributed by atoms with van der Waals surface area (Å²) < 4.78 is 1.17. The Morgan fingerprint density at radius 3 is 2.67 bits per heavy atom. The lowest BCUT2D eigenvalue weighted by Crippen LogP contribution is -3.15. The first-order chi connectivity index (χ1) is 13.2. The average molecular weight is 384 g/mol. The summed E-state index contributed by atoms with van der Waals surface area (Å²) in [5, 5.41) is 0.980. The van der Waals surface area contributed by atoms with Crippen molar-refractivity contribution in [2.45, 2.75) is 6.54 Å². The van der Waals surface area contributed by atoms with E-state index in [1.807, 2.05) is 31.3 Å². The number of carbonyl (C=O) groups is 1. The fraction of sp³-hybridized carbons (Fsp3) is 0.368. The highest BCUT2D eigenvalue weighted by Crippen LogP contribution is 2.22. The van der Waals surface area contributed by atoms with E-state index in [0.717, 1.165) is 42.7 Å². The third-order valence-corrected chi connectivity index (χ3v) is 5.86. The Balaban J connectivity index is 1.29. The molecule has 0 unspecified atom stereocenters. The van der Waals surface area contributed by atoms with E-state index in [-0.39, 0.29) is 5.91 Å². The Hall–Kier alpha value is -2.58. The molecule has 8 heteroatoms. The van der Waals surface area contributed by atoms with Gasteiger partial charge in [0.2, 0.25) is 5.95 Å². The topological polar surface area (TPSA) is 66.7 Å². The lowest BCUT2D eigenvalue weighted by atomic mass is 10.3. The molecule has 1 aliphatic rings. The van der Waals surface area contributed by atoms with E-state index in [1.54, 1.807) is 28.6 Å². The molecule has 7 nitrogen and oxygen atoms in total. The van der Waals surface area contributed by atoms with Crippen LogP contribution in [0.4, 0.5) is 5.95 Å². The monoisotopic (exact) mass is 383 g/mol. The lowest BCUT2D eigenvalue weighted by Gasteiger charge is -2.32. The molecule has 0 spiro atoms. The molecular weight excluding hydrogens is 360 g/mol. The van der Waals surface area contributed by atoms with E-state index in [9.17, 15) is 4.79 Å². The van der Waals surface area contributed by atoms with Gasteiger partial charge in [0.1, 0.15) is 5.01 Å². The molecule has 0 radical (unpaired) electrons. The quantitative estimate of drug-likeness (QED) is 0.693. The van der Waals surface area contributed by atoms with Crippen LogP contribution in [0.15, 0.2) is 42.7 Å². The summed E-state index contributed by atoms with van der Waals surface area (Å²) in [6.07, 6.45) is 3.53. The number of amides is 1. The third-order valence-electron chi connectivity index (χ3n) is 4.84. The van der Waals surface area contributed by atoms with Crippen molar-refractivity contribution in [3.8, 4) is 0 Å². The van der Waals surface area contributed by atoms with Gasteiger partial charge in [0.15, 0.2) is 6.54 Å². The number of carbonyl (C=O) groups excluding carboxylic acids is 1. The van der Waals surface area contributed by atoms with E-state index in [4.69, 9.17) is 0 Å². The molecule has 0 aliphatic carbocycles. The van der Waals surface area contributed by atoms with Crippen molar-refractivity contribution in [3.63, 3.8) is 0 Å². The predicted molar refractivity (Wildman–Crippen MR) is 106 cm³/mol. The van der Waals surface area contributed by atoms with Crippen LogP contribution in [0, 0.1) is 0 Å². The van der Waals surface area contributed by atoms with Gasteiger partial charge in [0.25, 0.3) is 5.91 Å². The second kappa shape index (κ2) is 7.98. The number of hydrogen-bond acceptors (Lipinski definition) is 6. The summed E-state index contributed by atoms with van der Waals surface area (Å²) in [6.45, 7) is 4.65. The first kappa shape index (κ1) is 17.8. The number of aromatic nitrogens is 3. The van der Waals surface area contributed by atoms with Crippen molar-refractivity contribution < 1.29 is 9.69 Å². The number of anilines is 1. The molecule has 27 heavy (non-hydrogen) atoms. The molecule has 1 aromatic carbocycles. The molecule has 3 heterocycles. The second-order valence-corrected chi connectivity index (χ2v) is 7.90. The van der Waals surface area contributed by atoms with Crippen LogP contribution < -0.4 is 9.80 Å². The highest BCUT2D eigenvalue weighted by Gasteiger charge is 2.25. The van der Waals surface area contributed by atoms with Gasteiger partial charge < -0.3 is 14.7 Å². The van der Waals surface area contributed by atoms with E-state index in [1.165, 1.54) is 9.60 Å². The summed E-state index contributed by atoms with van der Waals surface area (Å²) in [4.78, 5) is 31.1. The van der Waals surface area contributed by atoms with Gasteiger partial charge >= 0.3 is 0 Å². The van der Waals surface area contributed by atoms with E-state index in [2.05, 4.69) is 25.9 Å². The first-order valence-corrected chi connectivity index (χ1v) is 9.94. The molecule has 0 atom stereocenters. The minimum atomic E-state index is 0.161. The fourth-order valence-electron chi connectivity index (χ4n) is 3.28. The Kier molecular flexibility index (Phi) is 5.26. The SMILES string of the molecule is CN(Cc1nc2ccccc2s1)C(=O)C[NH+]1CCN(c2ncccn2)CC1. The van der Waals surface area contributed by atoms with Crippen LogP contribution in [0.5, 0.6) is 0 Å². The highest BCUT2D eigenvalue weighted by molar-refractivity contribution is 7.18. The van der Waals surface area contributed by atoms with Crippen LogP contribution in [0.1, 0.15) is 5.01 Å². The van der Waals surface area contributed by atoms with Crippen LogP contribution in [0.25, 0.3) is 10.2 Å². The van der Waals surface area contributed by atoms with Gasteiger partial charge in [0.05, 0.1) is 42.9 Å². The molecule has 1 fully saturated rings. The molecule has 2 aromatic heterocycles. The van der Waals surface area contributed by atoms with Gasteiger partial charge in [-0.25, -0.2) is 15.0 Å². The van der Waals surface area contributed by atoms with Crippen molar-refractivity contribution >= 4 is 33.4 Å². The van der Waals surface area contributed by atoms with Crippen molar-refractivity contribution in [2.75, 3.05) is 44.7 Å². The van der Waals surface area contributed by atoms with Gasteiger partial charge in [-0.15, -0.1) is 11.3 Å². The van der Waals surface area contributed by atoms with Crippen LogP contribution in [0.2, 0.25) is 0 Å². The number of thiazole rings is 1. The zero-order valence-electron chi connectivity index (χ0n) is 15.3. The number of para-hydroxylation sites is 1. The molecule has 3 aromatic rings. The Bertz CT molecular complexity index is 874. The molecule has 4 rings (SSSR count). The summed E-state index contributed by atoms with van der Waals surface area (Å²) in [5.74, 6) is 0.935. The van der Waals surface area contributed by atoms with Crippen molar-refractivity contribution in [2.24, 2.45) is 0 Å². The highest BCUT2D eigenvalue weighted by atomic mass is 32.1. The largest absolute Gasteiger partial charge is 0.334 e. The summed E-state index contributed by atoms with van der Waals surface area (Å²) in [5.41, 5.74) is 1.00. The number of nitrogens with one attached hydrogen (secondary N) is 1. The molecule has 1 saturated heterocycles. The molecule has 0 bridgehead atoms. The number of piperazine rings is 1. The maximum absolute atomic E-state index is 12.6. The zero-order chi connectivity index (χ0) is 18.6.